The van der Waals surface area contributed by atoms with E-state index in [1.807, 2.05) is 17.8 Å². The van der Waals surface area contributed by atoms with E-state index in [9.17, 15) is 29.7 Å². The van der Waals surface area contributed by atoms with Crippen molar-refractivity contribution < 1.29 is 38.8 Å². The summed E-state index contributed by atoms with van der Waals surface area (Å²) in [4.78, 5) is 43.7. The molecule has 2 aromatic carbocycles. The van der Waals surface area contributed by atoms with Crippen LogP contribution in [0.4, 0.5) is 10.1 Å². The number of pyridine rings is 1. The highest BCUT2D eigenvalue weighted by molar-refractivity contribution is 7.12. The Morgan fingerprint density at radius 2 is 1.76 bits per heavy atom. The number of aromatic nitrogens is 1. The number of aliphatic hydroxyl groups excluding tert-OH is 1. The van der Waals surface area contributed by atoms with E-state index in [0.29, 0.717) is 51.4 Å². The fourth-order valence-electron chi connectivity index (χ4n) is 6.83. The number of esters is 1. The van der Waals surface area contributed by atoms with Crippen LogP contribution in [0.5, 0.6) is 11.5 Å². The van der Waals surface area contributed by atoms with Crippen molar-refractivity contribution in [3.05, 3.63) is 108 Å². The second-order valence-electron chi connectivity index (χ2n) is 13.4. The van der Waals surface area contributed by atoms with Crippen LogP contribution in [0.3, 0.4) is 0 Å². The number of thiophene rings is 2. The lowest BCUT2D eigenvalue weighted by molar-refractivity contribution is -0.169. The first-order chi connectivity index (χ1) is 26.0. The molecule has 6 N–H and O–H groups in total. The SMILES string of the molecule is COc1cc(NC(=O)CCN(C)C2CCC(OC(=O)C(O)(c3cccs3)c3cccs3)CC2)c(F)cc1CNCC(O)c1ccc(O)c2[nH]c(=O)ccc12. The van der Waals surface area contributed by atoms with E-state index >= 15 is 4.39 Å². The fourth-order valence-corrected chi connectivity index (χ4v) is 8.54. The number of hydrogen-bond acceptors (Lipinski definition) is 12. The van der Waals surface area contributed by atoms with Crippen LogP contribution in [-0.4, -0.2) is 76.5 Å². The smallest absolute Gasteiger partial charge is 0.349 e. The Bertz CT molecular complexity index is 2080. The number of phenolic OH excluding ortho intramolecular Hbond substituents is 1. The standard InChI is InChI=1S/C39H43FN4O8S2/c1-44(24-7-9-25(10-8-24)52-38(49)39(50,33-5-3-17-53-33)34-6-4-18-54-34)16-15-36(48)42-29-20-32(51-2)23(19-28(29)40)21-41-22-31(46)26-11-13-30(45)37-27(26)12-14-35(47)43-37/h3-6,11-14,17-20,24-25,31,41,45-46,50H,7-10,15-16,21-22H2,1-2H3,(H,42,48)(H,43,47). The van der Waals surface area contributed by atoms with Gasteiger partial charge >= 0.3 is 5.97 Å². The van der Waals surface area contributed by atoms with Crippen molar-refractivity contribution in [2.24, 2.45) is 0 Å². The van der Waals surface area contributed by atoms with Gasteiger partial charge < -0.3 is 45.3 Å². The van der Waals surface area contributed by atoms with Gasteiger partial charge in [-0.05, 0) is 79.4 Å². The van der Waals surface area contributed by atoms with E-state index in [2.05, 4.69) is 20.5 Å². The average molecular weight is 779 g/mol. The third kappa shape index (κ3) is 8.67. The summed E-state index contributed by atoms with van der Waals surface area (Å²) in [7, 11) is 3.38. The van der Waals surface area contributed by atoms with Crippen LogP contribution < -0.4 is 20.9 Å². The Kier molecular flexibility index (Phi) is 12.5. The number of phenols is 1. The largest absolute Gasteiger partial charge is 0.506 e. The van der Waals surface area contributed by atoms with Gasteiger partial charge in [0.2, 0.25) is 17.1 Å². The molecule has 3 aromatic heterocycles. The minimum Gasteiger partial charge on any atom is -0.506 e. The zero-order valence-electron chi connectivity index (χ0n) is 29.8. The molecule has 1 atom stereocenters. The maximum Gasteiger partial charge on any atom is 0.349 e. The van der Waals surface area contributed by atoms with Crippen molar-refractivity contribution in [3.8, 4) is 11.5 Å². The molecule has 54 heavy (non-hydrogen) atoms. The van der Waals surface area contributed by atoms with Crippen molar-refractivity contribution in [3.63, 3.8) is 0 Å². The molecule has 0 saturated heterocycles. The number of halogens is 1. The van der Waals surface area contributed by atoms with Gasteiger partial charge in [-0.25, -0.2) is 9.18 Å². The average Bonchev–Trinajstić information content (AvgIpc) is 3.92. The van der Waals surface area contributed by atoms with E-state index in [0.717, 1.165) is 12.8 Å². The number of H-pyrrole nitrogens is 1. The topological polar surface area (TPSA) is 173 Å². The Morgan fingerprint density at radius 3 is 2.41 bits per heavy atom. The predicted octanol–water partition coefficient (Wildman–Crippen LogP) is 5.38. The number of carbonyl (C=O) groups excluding carboxylic acids is 2. The monoisotopic (exact) mass is 778 g/mol. The number of ether oxygens (including phenoxy) is 2. The number of aromatic hydroxyl groups is 1. The first-order valence-corrected chi connectivity index (χ1v) is 19.4. The summed E-state index contributed by atoms with van der Waals surface area (Å²) in [6.45, 7) is 0.665. The van der Waals surface area contributed by atoms with Crippen molar-refractivity contribution >= 4 is 51.1 Å². The minimum absolute atomic E-state index is 0.0137. The Morgan fingerprint density at radius 1 is 1.06 bits per heavy atom. The summed E-state index contributed by atoms with van der Waals surface area (Å²) in [6, 6.07) is 15.7. The summed E-state index contributed by atoms with van der Waals surface area (Å²) in [5, 5.41) is 42.4. The molecule has 0 radical (unpaired) electrons. The van der Waals surface area contributed by atoms with Crippen LogP contribution >= 0.6 is 22.7 Å². The van der Waals surface area contributed by atoms with E-state index in [4.69, 9.17) is 9.47 Å². The van der Waals surface area contributed by atoms with Gasteiger partial charge in [0, 0.05) is 55.2 Å². The third-order valence-electron chi connectivity index (χ3n) is 9.85. The molecule has 286 valence electrons. The second kappa shape index (κ2) is 17.2. The molecule has 0 bridgehead atoms. The van der Waals surface area contributed by atoms with Crippen LogP contribution in [0.15, 0.2) is 76.2 Å². The van der Waals surface area contributed by atoms with Crippen molar-refractivity contribution in [2.75, 3.05) is 32.6 Å². The number of nitrogens with zero attached hydrogens (tertiary/aromatic N) is 1. The fraction of sp³-hybridized carbons (Fsp3) is 0.359. The molecule has 1 amide bonds. The number of hydrogen-bond donors (Lipinski definition) is 6. The van der Waals surface area contributed by atoms with Gasteiger partial charge in [0.05, 0.1) is 34.2 Å². The molecule has 3 heterocycles. The molecule has 12 nitrogen and oxygen atoms in total. The number of anilines is 1. The number of fused-ring (bicyclic) bond motifs is 1. The molecule has 0 aliphatic heterocycles. The van der Waals surface area contributed by atoms with Crippen LogP contribution in [0.2, 0.25) is 0 Å². The van der Waals surface area contributed by atoms with Crippen molar-refractivity contribution in [2.45, 2.75) is 62.5 Å². The van der Waals surface area contributed by atoms with Gasteiger partial charge in [-0.1, -0.05) is 18.2 Å². The lowest BCUT2D eigenvalue weighted by Gasteiger charge is -2.35. The highest BCUT2D eigenvalue weighted by atomic mass is 32.1. The van der Waals surface area contributed by atoms with E-state index < -0.39 is 23.5 Å². The van der Waals surface area contributed by atoms with Gasteiger partial charge in [-0.2, -0.15) is 0 Å². The van der Waals surface area contributed by atoms with E-state index in [1.165, 1.54) is 60.1 Å². The first kappa shape index (κ1) is 39.1. The minimum atomic E-state index is -1.84. The Labute approximate surface area is 319 Å². The van der Waals surface area contributed by atoms with Crippen molar-refractivity contribution in [1.82, 2.24) is 15.2 Å². The summed E-state index contributed by atoms with van der Waals surface area (Å²) < 4.78 is 26.6. The summed E-state index contributed by atoms with van der Waals surface area (Å²) in [5.41, 5.74) is -1.04. The van der Waals surface area contributed by atoms with Gasteiger partial charge in [-0.3, -0.25) is 9.59 Å². The van der Waals surface area contributed by atoms with E-state index in [-0.39, 0.29) is 60.1 Å². The predicted molar refractivity (Wildman–Crippen MR) is 206 cm³/mol. The maximum atomic E-state index is 15.2. The molecule has 15 heteroatoms. The molecule has 1 aliphatic rings. The molecular formula is C39H43FN4O8S2. The van der Waals surface area contributed by atoms with Crippen LogP contribution in [0, 0.1) is 5.82 Å². The number of amides is 1. The molecule has 0 spiro atoms. The van der Waals surface area contributed by atoms with Gasteiger partial charge in [0.25, 0.3) is 0 Å². The maximum absolute atomic E-state index is 15.2. The highest BCUT2D eigenvalue weighted by Crippen LogP contribution is 2.38. The summed E-state index contributed by atoms with van der Waals surface area (Å²) >= 11 is 2.61. The first-order valence-electron chi connectivity index (χ1n) is 17.6. The molecule has 1 unspecified atom stereocenters. The van der Waals surface area contributed by atoms with E-state index in [1.54, 1.807) is 30.3 Å². The van der Waals surface area contributed by atoms with Crippen molar-refractivity contribution in [1.29, 1.82) is 0 Å². The lowest BCUT2D eigenvalue weighted by atomic mass is 9.91. The quantitative estimate of drug-likeness (QED) is 0.0759. The number of aromatic amines is 1. The molecule has 5 aromatic rings. The number of rotatable bonds is 15. The molecule has 1 saturated carbocycles. The molecular weight excluding hydrogens is 736 g/mol. The number of benzene rings is 2. The lowest BCUT2D eigenvalue weighted by Crippen LogP contribution is -2.42. The Hall–Kier alpha value is -4.64. The van der Waals surface area contributed by atoms with Crippen LogP contribution in [0.25, 0.3) is 10.9 Å². The number of methoxy groups -OCH3 is 1. The van der Waals surface area contributed by atoms with Crippen LogP contribution in [0.1, 0.15) is 59.1 Å². The third-order valence-corrected chi connectivity index (χ3v) is 11.8. The summed E-state index contributed by atoms with van der Waals surface area (Å²) in [6.07, 6.45) is 1.54. The molecule has 6 rings (SSSR count). The number of nitrogens with one attached hydrogen (secondary N) is 3. The summed E-state index contributed by atoms with van der Waals surface area (Å²) in [5.74, 6) is -1.43. The highest BCUT2D eigenvalue weighted by Gasteiger charge is 2.45. The number of aliphatic hydroxyl groups is 2. The second-order valence-corrected chi connectivity index (χ2v) is 15.3. The Balaban J connectivity index is 0.965. The number of carbonyl (C=O) groups is 2. The van der Waals surface area contributed by atoms with Gasteiger partial charge in [0.15, 0.2) is 0 Å². The normalized spacial score (nSPS) is 16.7. The molecule has 1 fully saturated rings. The van der Waals surface area contributed by atoms with Gasteiger partial charge in [0.1, 0.15) is 23.4 Å². The van der Waals surface area contributed by atoms with Gasteiger partial charge in [-0.15, -0.1) is 22.7 Å². The molecule has 1 aliphatic carbocycles. The van der Waals surface area contributed by atoms with Crippen LogP contribution in [-0.2, 0) is 26.5 Å². The zero-order chi connectivity index (χ0) is 38.4. The zero-order valence-corrected chi connectivity index (χ0v) is 31.5.